The van der Waals surface area contributed by atoms with Gasteiger partial charge in [0.25, 0.3) is 0 Å². The molecule has 6 N–H and O–H groups in total. The summed E-state index contributed by atoms with van der Waals surface area (Å²) in [5.41, 5.74) is 2.42. The van der Waals surface area contributed by atoms with Gasteiger partial charge in [-0.05, 0) is 66.3 Å². The van der Waals surface area contributed by atoms with Gasteiger partial charge in [-0.3, -0.25) is 19.7 Å². The monoisotopic (exact) mass is 729 g/mol. The molecule has 3 aromatic rings. The maximum absolute atomic E-state index is 14.2. The fraction of sp³-hybridized carbons (Fsp3) is 0.463. The highest BCUT2D eigenvalue weighted by atomic mass is 16.5. The number of fused-ring (bicyclic) bond motifs is 2. The van der Waals surface area contributed by atoms with Crippen molar-refractivity contribution in [2.75, 3.05) is 13.2 Å². The van der Waals surface area contributed by atoms with E-state index in [2.05, 4.69) is 26.6 Å². The molecular formula is C41H55N5O7. The van der Waals surface area contributed by atoms with Gasteiger partial charge in [0.1, 0.15) is 30.5 Å². The van der Waals surface area contributed by atoms with Crippen molar-refractivity contribution in [3.8, 4) is 5.75 Å². The lowest BCUT2D eigenvalue weighted by Gasteiger charge is -2.33. The third-order valence-corrected chi connectivity index (χ3v) is 9.16. The topological polar surface area (TPSA) is 167 Å². The van der Waals surface area contributed by atoms with Crippen molar-refractivity contribution in [3.63, 3.8) is 0 Å². The first-order valence-electron chi connectivity index (χ1n) is 18.5. The Morgan fingerprint density at radius 3 is 2.23 bits per heavy atom. The number of aliphatic hydroxyl groups excluding tert-OH is 1. The Balaban J connectivity index is 1.61. The van der Waals surface area contributed by atoms with Crippen molar-refractivity contribution < 1.29 is 33.8 Å². The molecule has 1 aliphatic rings. The average Bonchev–Trinajstić information content (AvgIpc) is 3.14. The second-order valence-electron chi connectivity index (χ2n) is 14.2. The van der Waals surface area contributed by atoms with Gasteiger partial charge in [-0.25, -0.2) is 4.79 Å². The second-order valence-corrected chi connectivity index (χ2v) is 14.2. The fourth-order valence-electron chi connectivity index (χ4n) is 6.09. The highest BCUT2D eigenvalue weighted by Crippen LogP contribution is 2.17. The van der Waals surface area contributed by atoms with Crippen LogP contribution in [-0.2, 0) is 38.7 Å². The second kappa shape index (κ2) is 20.9. The summed E-state index contributed by atoms with van der Waals surface area (Å²) in [6.07, 6.45) is 0.378. The van der Waals surface area contributed by atoms with Crippen LogP contribution in [0, 0.1) is 11.8 Å². The van der Waals surface area contributed by atoms with Crippen LogP contribution in [-0.4, -0.2) is 72.3 Å². The molecule has 0 aliphatic carbocycles. The summed E-state index contributed by atoms with van der Waals surface area (Å²) in [6.45, 7) is 8.46. The van der Waals surface area contributed by atoms with Gasteiger partial charge in [0.15, 0.2) is 0 Å². The van der Waals surface area contributed by atoms with E-state index in [-0.39, 0.29) is 37.3 Å². The van der Waals surface area contributed by atoms with Gasteiger partial charge in [0.2, 0.25) is 17.7 Å². The quantitative estimate of drug-likeness (QED) is 0.172. The molecule has 1 aliphatic heterocycles. The standard InChI is InChI=1S/C41H55N5O7/c1-27(2)34-38(48)42-21-12-7-13-22-52-32-20-14-19-31(23-32)25-43-36(40(50)45-34)37(47)33(24-29-15-8-5-9-16-29)44-39(49)35(28(3)4)46-41(51)53-26-30-17-10-6-11-18-30/h5-6,8-11,14-20,23,27-28,33-37,43,47H,7,12-13,21-22,24-26H2,1-4H3,(H,42,48)(H,44,49)(H,45,50)(H,46,51)/t33-,34-,35-,36+,37+/m0/s1. The van der Waals surface area contributed by atoms with Crippen molar-refractivity contribution in [2.45, 2.75) is 96.8 Å². The molecule has 0 aromatic heterocycles. The van der Waals surface area contributed by atoms with E-state index in [1.807, 2.05) is 98.8 Å². The Morgan fingerprint density at radius 1 is 0.849 bits per heavy atom. The van der Waals surface area contributed by atoms with Gasteiger partial charge in [0.05, 0.1) is 18.8 Å². The van der Waals surface area contributed by atoms with Crippen LogP contribution in [0.3, 0.4) is 0 Å². The van der Waals surface area contributed by atoms with Crippen molar-refractivity contribution in [3.05, 3.63) is 102 Å². The normalized spacial score (nSPS) is 19.1. The maximum Gasteiger partial charge on any atom is 0.408 e. The highest BCUT2D eigenvalue weighted by molar-refractivity contribution is 5.90. The van der Waals surface area contributed by atoms with Gasteiger partial charge in [0, 0.05) is 13.1 Å². The predicted octanol–water partition coefficient (Wildman–Crippen LogP) is 4.00. The first-order chi connectivity index (χ1) is 25.5. The summed E-state index contributed by atoms with van der Waals surface area (Å²) < 4.78 is 11.4. The number of carbonyl (C=O) groups excluding carboxylic acids is 4. The average molecular weight is 730 g/mol. The minimum atomic E-state index is -1.48. The molecule has 0 unspecified atom stereocenters. The molecule has 12 nitrogen and oxygen atoms in total. The van der Waals surface area contributed by atoms with Crippen LogP contribution in [0.2, 0.25) is 0 Å². The SMILES string of the molecule is CC(C)[C@H](NC(=O)OCc1ccccc1)C(=O)N[C@@H](Cc1ccccc1)[C@@H](O)[C@H]1NCc2cccc(c2)OCCCCCNC(=O)[C@H](C(C)C)NC1=O. The number of nitrogens with one attached hydrogen (secondary N) is 5. The largest absolute Gasteiger partial charge is 0.494 e. The summed E-state index contributed by atoms with van der Waals surface area (Å²) in [7, 11) is 0. The minimum absolute atomic E-state index is 0.0291. The number of carbonyl (C=O) groups is 4. The zero-order chi connectivity index (χ0) is 38.2. The van der Waals surface area contributed by atoms with Crippen molar-refractivity contribution in [1.29, 1.82) is 0 Å². The van der Waals surface area contributed by atoms with E-state index in [0.29, 0.717) is 18.9 Å². The van der Waals surface area contributed by atoms with E-state index in [4.69, 9.17) is 9.47 Å². The lowest BCUT2D eigenvalue weighted by molar-refractivity contribution is -0.133. The fourth-order valence-corrected chi connectivity index (χ4v) is 6.09. The lowest BCUT2D eigenvalue weighted by atomic mass is 9.93. The summed E-state index contributed by atoms with van der Waals surface area (Å²) in [5.74, 6) is -1.37. The van der Waals surface area contributed by atoms with Crippen LogP contribution in [0.15, 0.2) is 84.9 Å². The van der Waals surface area contributed by atoms with Gasteiger partial charge in [-0.15, -0.1) is 0 Å². The van der Waals surface area contributed by atoms with Crippen LogP contribution in [0.5, 0.6) is 5.75 Å². The predicted molar refractivity (Wildman–Crippen MR) is 203 cm³/mol. The zero-order valence-electron chi connectivity index (χ0n) is 31.2. The van der Waals surface area contributed by atoms with E-state index in [9.17, 15) is 24.3 Å². The first kappa shape index (κ1) is 40.8. The number of hydrogen-bond donors (Lipinski definition) is 6. The van der Waals surface area contributed by atoms with E-state index in [1.165, 1.54) is 0 Å². The molecule has 0 saturated carbocycles. The van der Waals surface area contributed by atoms with Gasteiger partial charge in [-0.2, -0.15) is 0 Å². The number of ether oxygens (including phenoxy) is 2. The Bertz CT molecular complexity index is 1600. The molecule has 53 heavy (non-hydrogen) atoms. The first-order valence-corrected chi connectivity index (χ1v) is 18.5. The van der Waals surface area contributed by atoms with E-state index >= 15 is 0 Å². The molecule has 1 heterocycles. The molecule has 5 atom stereocenters. The molecule has 4 rings (SSSR count). The minimum Gasteiger partial charge on any atom is -0.494 e. The number of alkyl carbamates (subject to hydrolysis) is 1. The van der Waals surface area contributed by atoms with E-state index < -0.39 is 48.2 Å². The zero-order valence-corrected chi connectivity index (χ0v) is 31.2. The van der Waals surface area contributed by atoms with Crippen LogP contribution < -0.4 is 31.3 Å². The Hall–Kier alpha value is -4.94. The van der Waals surface area contributed by atoms with E-state index in [1.54, 1.807) is 13.8 Å². The smallest absolute Gasteiger partial charge is 0.408 e. The number of hydrogen-bond acceptors (Lipinski definition) is 8. The lowest BCUT2D eigenvalue weighted by Crippen LogP contribution is -2.63. The molecular weight excluding hydrogens is 674 g/mol. The third-order valence-electron chi connectivity index (χ3n) is 9.16. The molecule has 4 amide bonds. The summed E-state index contributed by atoms with van der Waals surface area (Å²) in [4.78, 5) is 54.3. The molecule has 3 aromatic carbocycles. The van der Waals surface area contributed by atoms with Crippen LogP contribution in [0.1, 0.15) is 63.6 Å². The molecule has 12 heteroatoms. The molecule has 286 valence electrons. The highest BCUT2D eigenvalue weighted by Gasteiger charge is 2.38. The summed E-state index contributed by atoms with van der Waals surface area (Å²) in [6, 6.07) is 21.9. The van der Waals surface area contributed by atoms with Crippen molar-refractivity contribution >= 4 is 23.8 Å². The van der Waals surface area contributed by atoms with Gasteiger partial charge < -0.3 is 35.8 Å². The number of amides is 4. The van der Waals surface area contributed by atoms with Crippen LogP contribution >= 0.6 is 0 Å². The Labute approximate surface area is 312 Å². The van der Waals surface area contributed by atoms with Gasteiger partial charge in [-0.1, -0.05) is 100 Å². The van der Waals surface area contributed by atoms with Crippen LogP contribution in [0.4, 0.5) is 4.79 Å². The Kier molecular flexibility index (Phi) is 16.1. The maximum atomic E-state index is 14.2. The van der Waals surface area contributed by atoms with E-state index in [0.717, 1.165) is 36.0 Å². The van der Waals surface area contributed by atoms with Crippen molar-refractivity contribution in [2.24, 2.45) is 11.8 Å². The third kappa shape index (κ3) is 13.2. The molecule has 0 radical (unpaired) electrons. The molecule has 0 spiro atoms. The molecule has 0 saturated heterocycles. The Morgan fingerprint density at radius 2 is 1.55 bits per heavy atom. The molecule has 0 fully saturated rings. The molecule has 2 bridgehead atoms. The number of benzene rings is 3. The van der Waals surface area contributed by atoms with Gasteiger partial charge >= 0.3 is 6.09 Å². The number of aliphatic hydroxyl groups is 1. The summed E-state index contributed by atoms with van der Waals surface area (Å²) >= 11 is 0. The summed E-state index contributed by atoms with van der Waals surface area (Å²) in [5, 5.41) is 26.8. The van der Waals surface area contributed by atoms with Crippen LogP contribution in [0.25, 0.3) is 0 Å². The van der Waals surface area contributed by atoms with Crippen molar-refractivity contribution in [1.82, 2.24) is 26.6 Å². The number of rotatable bonds is 11.